The summed E-state index contributed by atoms with van der Waals surface area (Å²) in [5.41, 5.74) is 21.0. The van der Waals surface area contributed by atoms with Crippen molar-refractivity contribution in [3.63, 3.8) is 0 Å². The summed E-state index contributed by atoms with van der Waals surface area (Å²) in [6, 6.07) is 70.6. The van der Waals surface area contributed by atoms with E-state index in [0.29, 0.717) is 0 Å². The van der Waals surface area contributed by atoms with Crippen LogP contribution in [0.2, 0.25) is 0 Å². The number of aromatic nitrogens is 1. The first-order valence-electron chi connectivity index (χ1n) is 25.3. The van der Waals surface area contributed by atoms with Gasteiger partial charge in [-0.3, -0.25) is 0 Å². The molecule has 0 saturated heterocycles. The van der Waals surface area contributed by atoms with E-state index >= 15 is 0 Å². The number of hydrogen-bond acceptors (Lipinski definition) is 3. The van der Waals surface area contributed by atoms with Crippen molar-refractivity contribution >= 4 is 101 Å². The van der Waals surface area contributed by atoms with Crippen LogP contribution < -0.4 is 26.4 Å². The number of anilines is 6. The minimum Gasteiger partial charge on any atom is -0.468 e. The topological polar surface area (TPSA) is 24.6 Å². The zero-order chi connectivity index (χ0) is 48.7. The van der Waals surface area contributed by atoms with Gasteiger partial charge in [0, 0.05) is 50.3 Å². The van der Waals surface area contributed by atoms with E-state index in [1.54, 1.807) is 0 Å². The smallest absolute Gasteiger partial charge is 0.297 e. The molecule has 13 rings (SSSR count). The van der Waals surface area contributed by atoms with Crippen LogP contribution in [0.5, 0.6) is 0 Å². The van der Waals surface area contributed by atoms with Gasteiger partial charge in [0.15, 0.2) is 0 Å². The Morgan fingerprint density at radius 2 is 0.986 bits per heavy atom. The summed E-state index contributed by atoms with van der Waals surface area (Å²) in [7, 11) is 0. The summed E-state index contributed by atoms with van der Waals surface area (Å²) >= 11 is 0. The summed E-state index contributed by atoms with van der Waals surface area (Å²) in [5, 5.41) is 6.08. The van der Waals surface area contributed by atoms with Gasteiger partial charge in [-0.1, -0.05) is 165 Å². The highest BCUT2D eigenvalue weighted by atomic mass is 16.3. The molecule has 0 amide bonds. The van der Waals surface area contributed by atoms with Crippen molar-refractivity contribution in [3.05, 3.63) is 205 Å². The maximum Gasteiger partial charge on any atom is 0.297 e. The number of furan rings is 1. The van der Waals surface area contributed by atoms with Gasteiger partial charge < -0.3 is 18.8 Å². The average Bonchev–Trinajstić information content (AvgIpc) is 3.91. The molecular formula is C66H58BN3O. The highest BCUT2D eigenvalue weighted by molar-refractivity contribution is 7.00. The monoisotopic (exact) mass is 919 g/mol. The molecule has 0 atom stereocenters. The van der Waals surface area contributed by atoms with E-state index in [1.165, 1.54) is 71.3 Å². The fourth-order valence-corrected chi connectivity index (χ4v) is 11.6. The Hall–Kier alpha value is -7.76. The zero-order valence-electron chi connectivity index (χ0n) is 42.2. The Kier molecular flexibility index (Phi) is 9.37. The minimum atomic E-state index is -0.171. The van der Waals surface area contributed by atoms with Gasteiger partial charge in [-0.05, 0) is 151 Å². The normalized spacial score (nSPS) is 13.6. The number of benzene rings is 9. The van der Waals surface area contributed by atoms with Crippen LogP contribution in [-0.4, -0.2) is 11.3 Å². The van der Waals surface area contributed by atoms with Gasteiger partial charge in [-0.25, -0.2) is 0 Å². The van der Waals surface area contributed by atoms with Gasteiger partial charge in [0.2, 0.25) is 0 Å². The lowest BCUT2D eigenvalue weighted by molar-refractivity contribution is 0.590. The van der Waals surface area contributed by atoms with Gasteiger partial charge in [0.25, 0.3) is 6.71 Å². The Labute approximate surface area is 417 Å². The molecule has 4 nitrogen and oxygen atoms in total. The van der Waals surface area contributed by atoms with E-state index in [2.05, 4.69) is 265 Å². The van der Waals surface area contributed by atoms with Gasteiger partial charge in [-0.2, -0.15) is 0 Å². The van der Waals surface area contributed by atoms with E-state index < -0.39 is 0 Å². The Morgan fingerprint density at radius 3 is 1.68 bits per heavy atom. The quantitative estimate of drug-likeness (QED) is 0.164. The molecule has 0 radical (unpaired) electrons. The van der Waals surface area contributed by atoms with Crippen LogP contribution in [-0.2, 0) is 16.2 Å². The third-order valence-corrected chi connectivity index (χ3v) is 15.4. The molecule has 0 fully saturated rings. The van der Waals surface area contributed by atoms with Crippen molar-refractivity contribution in [1.29, 1.82) is 0 Å². The summed E-state index contributed by atoms with van der Waals surface area (Å²) in [6.07, 6.45) is 0. The van der Waals surface area contributed by atoms with E-state index in [4.69, 9.17) is 4.42 Å². The molecule has 0 unspecified atom stereocenters. The minimum absolute atomic E-state index is 0.00885. The lowest BCUT2D eigenvalue weighted by atomic mass is 9.35. The molecule has 0 saturated carbocycles. The molecule has 2 aliphatic heterocycles. The number of para-hydroxylation sites is 1. The fraction of sp³-hybridized carbons (Fsp3) is 0.182. The number of hydrogen-bond donors (Lipinski definition) is 0. The maximum atomic E-state index is 7.24. The molecule has 2 aromatic heterocycles. The van der Waals surface area contributed by atoms with E-state index in [9.17, 15) is 0 Å². The van der Waals surface area contributed by atoms with Gasteiger partial charge in [0.1, 0.15) is 5.58 Å². The second kappa shape index (κ2) is 15.4. The molecule has 5 heteroatoms. The summed E-state index contributed by atoms with van der Waals surface area (Å²) in [4.78, 5) is 4.99. The molecule has 71 heavy (non-hydrogen) atoms. The lowest BCUT2D eigenvalue weighted by Gasteiger charge is -2.42. The second-order valence-electron chi connectivity index (χ2n) is 23.1. The first-order valence-corrected chi connectivity index (χ1v) is 25.3. The van der Waals surface area contributed by atoms with Crippen molar-refractivity contribution in [2.45, 2.75) is 78.6 Å². The van der Waals surface area contributed by atoms with Crippen LogP contribution >= 0.6 is 0 Å². The van der Waals surface area contributed by atoms with E-state index in [0.717, 1.165) is 56.4 Å². The average molecular weight is 920 g/mol. The molecule has 9 aromatic carbocycles. The van der Waals surface area contributed by atoms with Crippen molar-refractivity contribution < 1.29 is 4.42 Å². The van der Waals surface area contributed by atoms with Crippen molar-refractivity contribution in [1.82, 2.24) is 4.57 Å². The van der Waals surface area contributed by atoms with E-state index in [1.807, 2.05) is 0 Å². The van der Waals surface area contributed by atoms with Crippen molar-refractivity contribution in [3.8, 4) is 16.8 Å². The molecule has 4 heterocycles. The lowest BCUT2D eigenvalue weighted by Crippen LogP contribution is -2.61. The van der Waals surface area contributed by atoms with Gasteiger partial charge in [-0.15, -0.1) is 0 Å². The van der Waals surface area contributed by atoms with Crippen LogP contribution in [0.3, 0.4) is 0 Å². The number of rotatable bonds is 4. The Balaban J connectivity index is 1.06. The van der Waals surface area contributed by atoms with Gasteiger partial charge >= 0.3 is 0 Å². The van der Waals surface area contributed by atoms with Crippen LogP contribution in [0.1, 0.15) is 79.0 Å². The summed E-state index contributed by atoms with van der Waals surface area (Å²) < 4.78 is 9.73. The zero-order valence-corrected chi connectivity index (χ0v) is 42.2. The summed E-state index contributed by atoms with van der Waals surface area (Å²) in [6.45, 7) is 20.5. The van der Waals surface area contributed by atoms with Crippen LogP contribution in [0, 0.1) is 0 Å². The van der Waals surface area contributed by atoms with Crippen LogP contribution in [0.25, 0.3) is 60.4 Å². The fourth-order valence-electron chi connectivity index (χ4n) is 11.6. The first kappa shape index (κ1) is 43.3. The largest absolute Gasteiger partial charge is 0.468 e. The van der Waals surface area contributed by atoms with Crippen LogP contribution in [0.4, 0.5) is 34.1 Å². The molecule has 2 aliphatic rings. The SMILES string of the molecule is CC(C)(C)c1ccc(-c2cccc(N3c4cccc5c4B(c4ccc(-n6c7ccc(C(C)(C)C)cc7c7cc(C(C)(C)C)ccc76)cc4N5c4ccc5ccccc5c4)c4oc5ccccc5c43)c2)cc1. The highest BCUT2D eigenvalue weighted by Gasteiger charge is 2.46. The Bertz CT molecular complexity index is 3890. The molecule has 346 valence electrons. The number of fused-ring (bicyclic) bond motifs is 10. The first-order chi connectivity index (χ1) is 34.1. The predicted molar refractivity (Wildman–Crippen MR) is 304 cm³/mol. The maximum absolute atomic E-state index is 7.24. The molecule has 0 bridgehead atoms. The molecule has 0 aliphatic carbocycles. The van der Waals surface area contributed by atoms with Crippen molar-refractivity contribution in [2.75, 3.05) is 9.80 Å². The summed E-state index contributed by atoms with van der Waals surface area (Å²) in [5.74, 6) is 0. The highest BCUT2D eigenvalue weighted by Crippen LogP contribution is 2.48. The Morgan fingerprint density at radius 1 is 0.394 bits per heavy atom. The molecule has 0 spiro atoms. The molecule has 11 aromatic rings. The predicted octanol–water partition coefficient (Wildman–Crippen LogP) is 16.3. The third-order valence-electron chi connectivity index (χ3n) is 15.4. The second-order valence-corrected chi connectivity index (χ2v) is 23.1. The standard InChI is InChI=1S/C66H58BN3O/c1-64(2,3)45-27-24-42(25-28-45)44-18-14-19-48(36-44)70-58-22-15-21-57-61(58)67(63-62(70)51-20-12-13-23-60(51)71-63)54-33-32-50(40-59(54)69(57)49-31-26-41-16-10-11-17-43(41)37-49)68-55-34-29-46(65(4,5)6)38-52(55)53-39-47(66(7,8)9)30-35-56(53)68/h10-40H,1-9H3. The van der Waals surface area contributed by atoms with Crippen molar-refractivity contribution in [2.24, 2.45) is 0 Å². The molecule has 0 N–H and O–H groups in total. The molecular weight excluding hydrogens is 862 g/mol. The number of nitrogens with zero attached hydrogens (tertiary/aromatic N) is 3. The van der Waals surface area contributed by atoms with E-state index in [-0.39, 0.29) is 23.0 Å². The van der Waals surface area contributed by atoms with Crippen LogP contribution in [0.15, 0.2) is 192 Å². The van der Waals surface area contributed by atoms with Gasteiger partial charge in [0.05, 0.1) is 22.4 Å². The third kappa shape index (κ3) is 6.80.